The molecule has 0 radical (unpaired) electrons. The fourth-order valence-corrected chi connectivity index (χ4v) is 5.94. The lowest BCUT2D eigenvalue weighted by Crippen LogP contribution is -1.97. The number of benzene rings is 6. The van der Waals surface area contributed by atoms with Gasteiger partial charge in [-0.25, -0.2) is 19.9 Å². The number of rotatable bonds is 5. The fourth-order valence-electron chi connectivity index (χ4n) is 5.94. The van der Waals surface area contributed by atoms with Crippen molar-refractivity contribution in [3.05, 3.63) is 157 Å². The maximum absolute atomic E-state index is 9.60. The predicted octanol–water partition coefficient (Wildman–Crippen LogP) is 9.65. The highest BCUT2D eigenvalue weighted by molar-refractivity contribution is 5.92. The van der Waals surface area contributed by atoms with E-state index in [2.05, 4.69) is 48.5 Å². The zero-order chi connectivity index (χ0) is 32.5. The van der Waals surface area contributed by atoms with Gasteiger partial charge in [0, 0.05) is 22.3 Å². The van der Waals surface area contributed by atoms with Crippen molar-refractivity contribution in [2.24, 2.45) is 0 Å². The van der Waals surface area contributed by atoms with Gasteiger partial charge in [-0.3, -0.25) is 0 Å². The van der Waals surface area contributed by atoms with E-state index in [1.54, 1.807) is 12.1 Å². The largest absolute Gasteiger partial charge is 0.244 e. The van der Waals surface area contributed by atoms with Crippen LogP contribution in [0.1, 0.15) is 11.1 Å². The molecule has 0 aliphatic heterocycles. The molecule has 48 heavy (non-hydrogen) atoms. The van der Waals surface area contributed by atoms with Crippen LogP contribution in [0.3, 0.4) is 0 Å². The molecule has 0 unspecified atom stereocenters. The Morgan fingerprint density at radius 1 is 0.312 bits per heavy atom. The van der Waals surface area contributed by atoms with E-state index in [0.29, 0.717) is 28.0 Å². The molecule has 0 aliphatic rings. The molecule has 6 heteroatoms. The van der Waals surface area contributed by atoms with E-state index in [9.17, 15) is 10.5 Å². The Morgan fingerprint density at radius 2 is 0.688 bits per heavy atom. The molecule has 0 saturated carbocycles. The third-order valence-electron chi connectivity index (χ3n) is 8.29. The normalized spacial score (nSPS) is 10.9. The van der Waals surface area contributed by atoms with Crippen molar-refractivity contribution < 1.29 is 0 Å². The quantitative estimate of drug-likeness (QED) is 0.192. The number of fused-ring (bicyclic) bond motifs is 2. The Kier molecular flexibility index (Phi) is 7.15. The Hall–Kier alpha value is -7.02. The van der Waals surface area contributed by atoms with Crippen LogP contribution in [-0.4, -0.2) is 19.9 Å². The topological polar surface area (TPSA) is 99.1 Å². The summed E-state index contributed by atoms with van der Waals surface area (Å²) in [6, 6.07) is 51.6. The van der Waals surface area contributed by atoms with Crippen LogP contribution >= 0.6 is 0 Å². The lowest BCUT2D eigenvalue weighted by molar-refractivity contribution is 1.29. The van der Waals surface area contributed by atoms with Crippen molar-refractivity contribution in [3.63, 3.8) is 0 Å². The van der Waals surface area contributed by atoms with Gasteiger partial charge < -0.3 is 0 Å². The molecule has 0 spiro atoms. The van der Waals surface area contributed by atoms with Crippen LogP contribution in [0.5, 0.6) is 0 Å². The van der Waals surface area contributed by atoms with Gasteiger partial charge >= 0.3 is 0 Å². The molecule has 0 bridgehead atoms. The van der Waals surface area contributed by atoms with Gasteiger partial charge in [0.2, 0.25) is 0 Å². The third kappa shape index (κ3) is 5.30. The second-order valence-corrected chi connectivity index (χ2v) is 11.4. The van der Waals surface area contributed by atoms with E-state index in [1.807, 2.05) is 97.1 Å². The Labute approximate surface area is 276 Å². The van der Waals surface area contributed by atoms with Crippen LogP contribution < -0.4 is 0 Å². The average molecular weight is 613 g/mol. The van der Waals surface area contributed by atoms with Crippen molar-refractivity contribution in [3.8, 4) is 68.3 Å². The van der Waals surface area contributed by atoms with Crippen LogP contribution in [0.25, 0.3) is 78.2 Å². The summed E-state index contributed by atoms with van der Waals surface area (Å²) in [6.07, 6.45) is 0. The molecule has 0 saturated heterocycles. The van der Waals surface area contributed by atoms with Crippen molar-refractivity contribution >= 4 is 22.1 Å². The molecule has 0 amide bonds. The molecular weight excluding hydrogens is 589 g/mol. The molecule has 0 aliphatic carbocycles. The molecular formula is C42H24N6. The van der Waals surface area contributed by atoms with Crippen molar-refractivity contribution in [2.45, 2.75) is 0 Å². The number of hydrogen-bond donors (Lipinski definition) is 0. The molecule has 6 aromatic carbocycles. The molecule has 0 N–H and O–H groups in total. The van der Waals surface area contributed by atoms with Gasteiger partial charge in [-0.2, -0.15) is 10.5 Å². The maximum Gasteiger partial charge on any atom is 0.0991 e. The van der Waals surface area contributed by atoms with Crippen LogP contribution in [-0.2, 0) is 0 Å². The van der Waals surface area contributed by atoms with E-state index in [0.717, 1.165) is 61.3 Å². The van der Waals surface area contributed by atoms with Gasteiger partial charge in [-0.1, -0.05) is 97.1 Å². The van der Waals surface area contributed by atoms with E-state index in [1.165, 1.54) is 0 Å². The first-order valence-electron chi connectivity index (χ1n) is 15.4. The van der Waals surface area contributed by atoms with Gasteiger partial charge in [-0.15, -0.1) is 0 Å². The smallest absolute Gasteiger partial charge is 0.0991 e. The Morgan fingerprint density at radius 3 is 1.10 bits per heavy atom. The fraction of sp³-hybridized carbons (Fsp3) is 0. The SMILES string of the molecule is N#Cc1cccc(-c2nc3ccc(-c4ccc5nc(-c6ccccc6)c(-c6ccccc6)nc5c4)cc3nc2-c2cccc(C#N)c2)c1. The van der Waals surface area contributed by atoms with Gasteiger partial charge in [0.05, 0.1) is 68.1 Å². The molecule has 8 aromatic rings. The van der Waals surface area contributed by atoms with Gasteiger partial charge in [0.25, 0.3) is 0 Å². The second-order valence-electron chi connectivity index (χ2n) is 11.4. The van der Waals surface area contributed by atoms with Gasteiger partial charge in [-0.05, 0) is 59.7 Å². The van der Waals surface area contributed by atoms with E-state index >= 15 is 0 Å². The standard InChI is InChI=1S/C42H24N6/c43-25-27-9-7-15-33(21-27)41-42(34-16-8-10-28(22-34)26-44)48-38-24-32(18-20-36(38)46-41)31-17-19-35-37(23-31)47-40(30-13-5-2-6-14-30)39(45-35)29-11-3-1-4-12-29/h1-24H. The highest BCUT2D eigenvalue weighted by atomic mass is 14.8. The van der Waals surface area contributed by atoms with Crippen molar-refractivity contribution in [1.82, 2.24) is 19.9 Å². The molecule has 0 atom stereocenters. The van der Waals surface area contributed by atoms with Crippen molar-refractivity contribution in [1.29, 1.82) is 10.5 Å². The minimum atomic E-state index is 0.530. The number of aromatic nitrogens is 4. The third-order valence-corrected chi connectivity index (χ3v) is 8.29. The van der Waals surface area contributed by atoms with Crippen LogP contribution in [0.15, 0.2) is 146 Å². The van der Waals surface area contributed by atoms with E-state index in [-0.39, 0.29) is 0 Å². The summed E-state index contributed by atoms with van der Waals surface area (Å²) in [6.45, 7) is 0. The number of hydrogen-bond acceptors (Lipinski definition) is 6. The van der Waals surface area contributed by atoms with E-state index < -0.39 is 0 Å². The van der Waals surface area contributed by atoms with Gasteiger partial charge in [0.15, 0.2) is 0 Å². The first-order chi connectivity index (χ1) is 23.7. The Balaban J connectivity index is 1.28. The van der Waals surface area contributed by atoms with Crippen LogP contribution in [0.4, 0.5) is 0 Å². The minimum absolute atomic E-state index is 0.530. The maximum atomic E-state index is 9.60. The summed E-state index contributed by atoms with van der Waals surface area (Å²) >= 11 is 0. The molecule has 2 aromatic heterocycles. The molecule has 222 valence electrons. The summed E-state index contributed by atoms with van der Waals surface area (Å²) in [5.41, 5.74) is 12.5. The number of nitriles is 2. The Bertz CT molecular complexity index is 2580. The zero-order valence-electron chi connectivity index (χ0n) is 25.5. The molecule has 2 heterocycles. The lowest BCUT2D eigenvalue weighted by Gasteiger charge is -2.13. The number of nitrogens with zero attached hydrogens (tertiary/aromatic N) is 6. The monoisotopic (exact) mass is 612 g/mol. The van der Waals surface area contributed by atoms with Crippen LogP contribution in [0, 0.1) is 22.7 Å². The molecule has 6 nitrogen and oxygen atoms in total. The summed E-state index contributed by atoms with van der Waals surface area (Å²) in [4.78, 5) is 20.4. The minimum Gasteiger partial charge on any atom is -0.244 e. The van der Waals surface area contributed by atoms with Crippen molar-refractivity contribution in [2.75, 3.05) is 0 Å². The average Bonchev–Trinajstić information content (AvgIpc) is 3.17. The highest BCUT2D eigenvalue weighted by Gasteiger charge is 2.17. The van der Waals surface area contributed by atoms with Gasteiger partial charge in [0.1, 0.15) is 0 Å². The summed E-state index contributed by atoms with van der Waals surface area (Å²) < 4.78 is 0. The molecule has 0 fully saturated rings. The first-order valence-corrected chi connectivity index (χ1v) is 15.4. The lowest BCUT2D eigenvalue weighted by atomic mass is 9.99. The summed E-state index contributed by atoms with van der Waals surface area (Å²) in [5, 5.41) is 19.1. The predicted molar refractivity (Wildman–Crippen MR) is 189 cm³/mol. The second kappa shape index (κ2) is 12.1. The molecule has 8 rings (SSSR count). The summed E-state index contributed by atoms with van der Waals surface area (Å²) in [7, 11) is 0. The van der Waals surface area contributed by atoms with Crippen LogP contribution in [0.2, 0.25) is 0 Å². The zero-order valence-corrected chi connectivity index (χ0v) is 25.5. The van der Waals surface area contributed by atoms with E-state index in [4.69, 9.17) is 19.9 Å². The first kappa shape index (κ1) is 28.5. The summed E-state index contributed by atoms with van der Waals surface area (Å²) in [5.74, 6) is 0. The highest BCUT2D eigenvalue weighted by Crippen LogP contribution is 2.35.